The number of anilines is 2. The van der Waals surface area contributed by atoms with Crippen LogP contribution in [0.4, 0.5) is 16.2 Å². The van der Waals surface area contributed by atoms with E-state index in [-0.39, 0.29) is 12.0 Å². The molecule has 0 saturated carbocycles. The van der Waals surface area contributed by atoms with Gasteiger partial charge in [0.05, 0.1) is 12.3 Å². The van der Waals surface area contributed by atoms with Crippen LogP contribution in [0.5, 0.6) is 0 Å². The molecule has 0 bridgehead atoms. The van der Waals surface area contributed by atoms with Crippen LogP contribution < -0.4 is 10.2 Å². The van der Waals surface area contributed by atoms with E-state index in [0.717, 1.165) is 22.7 Å². The molecule has 0 spiro atoms. The first-order valence-corrected chi connectivity index (χ1v) is 9.76. The number of fused-ring (bicyclic) bond motifs is 1. The molecular formula is C20H20N2O3S. The summed E-state index contributed by atoms with van der Waals surface area (Å²) in [5, 5.41) is 2.90. The van der Waals surface area contributed by atoms with Gasteiger partial charge in [-0.25, -0.2) is 4.79 Å². The number of nitrogens with one attached hydrogen (secondary N) is 1. The number of nitrogens with zero attached hydrogens (tertiary/aromatic N) is 1. The van der Waals surface area contributed by atoms with Crippen molar-refractivity contribution in [3.05, 3.63) is 53.6 Å². The van der Waals surface area contributed by atoms with Gasteiger partial charge < -0.3 is 10.1 Å². The zero-order chi connectivity index (χ0) is 17.9. The fraction of sp³-hybridized carbons (Fsp3) is 0.300. The molecular weight excluding hydrogens is 348 g/mol. The van der Waals surface area contributed by atoms with Gasteiger partial charge in [0, 0.05) is 16.3 Å². The normalized spacial score (nSPS) is 15.7. The summed E-state index contributed by atoms with van der Waals surface area (Å²) in [7, 11) is 0. The molecule has 2 aromatic rings. The summed E-state index contributed by atoms with van der Waals surface area (Å²) in [5.74, 6) is 0.336. The predicted octanol–water partition coefficient (Wildman–Crippen LogP) is 3.86. The van der Waals surface area contributed by atoms with Crippen molar-refractivity contribution < 1.29 is 14.3 Å². The smallest absolute Gasteiger partial charge is 0.414 e. The summed E-state index contributed by atoms with van der Waals surface area (Å²) < 4.78 is 4.93. The van der Waals surface area contributed by atoms with Crippen LogP contribution >= 0.6 is 11.8 Å². The minimum atomic E-state index is -0.326. The number of benzene rings is 2. The van der Waals surface area contributed by atoms with Crippen molar-refractivity contribution in [3.63, 3.8) is 0 Å². The zero-order valence-corrected chi connectivity index (χ0v) is 15.2. The van der Waals surface area contributed by atoms with Gasteiger partial charge in [-0.1, -0.05) is 6.07 Å². The number of thioether (sulfide) groups is 1. The maximum Gasteiger partial charge on any atom is 0.414 e. The van der Waals surface area contributed by atoms with Crippen molar-refractivity contribution >= 4 is 35.1 Å². The first-order chi connectivity index (χ1) is 12.7. The van der Waals surface area contributed by atoms with Crippen molar-refractivity contribution in [3.8, 4) is 0 Å². The third-order valence-corrected chi connectivity index (χ3v) is 5.66. The largest absolute Gasteiger partial charge is 0.447 e. The van der Waals surface area contributed by atoms with Gasteiger partial charge >= 0.3 is 6.09 Å². The average Bonchev–Trinajstić information content (AvgIpc) is 3.29. The van der Waals surface area contributed by atoms with E-state index >= 15 is 0 Å². The lowest BCUT2D eigenvalue weighted by Gasteiger charge is -2.13. The Morgan fingerprint density at radius 3 is 2.69 bits per heavy atom. The van der Waals surface area contributed by atoms with Crippen molar-refractivity contribution in [2.45, 2.75) is 24.2 Å². The predicted molar refractivity (Wildman–Crippen MR) is 103 cm³/mol. The molecule has 134 valence electrons. The Hall–Kier alpha value is -2.47. The molecule has 1 aliphatic carbocycles. The van der Waals surface area contributed by atoms with Crippen molar-refractivity contribution in [1.29, 1.82) is 0 Å². The summed E-state index contributed by atoms with van der Waals surface area (Å²) in [6.07, 6.45) is 3.22. The Kier molecular flexibility index (Phi) is 4.84. The second kappa shape index (κ2) is 7.41. The lowest BCUT2D eigenvalue weighted by atomic mass is 10.1. The lowest BCUT2D eigenvalue weighted by molar-refractivity contribution is -0.113. The van der Waals surface area contributed by atoms with Gasteiger partial charge in [-0.15, -0.1) is 11.8 Å². The SMILES string of the molecule is O=C(CSc1ccc2c(c1)CCC2)Nc1ccc(N2CCOC2=O)cc1. The molecule has 2 aromatic carbocycles. The number of aryl methyl sites for hydroxylation is 2. The van der Waals surface area contributed by atoms with Crippen LogP contribution in [0.25, 0.3) is 0 Å². The number of hydrogen-bond acceptors (Lipinski definition) is 4. The number of hydrogen-bond donors (Lipinski definition) is 1. The van der Waals surface area contributed by atoms with E-state index in [4.69, 9.17) is 4.74 Å². The van der Waals surface area contributed by atoms with Crippen LogP contribution in [0, 0.1) is 0 Å². The van der Waals surface area contributed by atoms with Gasteiger partial charge in [-0.3, -0.25) is 9.69 Å². The molecule has 1 fully saturated rings. The number of carbonyl (C=O) groups excluding carboxylic acids is 2. The van der Waals surface area contributed by atoms with E-state index in [2.05, 4.69) is 23.5 Å². The molecule has 5 nitrogen and oxygen atoms in total. The van der Waals surface area contributed by atoms with Crippen LogP contribution in [0.1, 0.15) is 17.5 Å². The first kappa shape index (κ1) is 17.0. The summed E-state index contributed by atoms with van der Waals surface area (Å²) in [6, 6.07) is 13.7. The fourth-order valence-electron chi connectivity index (χ4n) is 3.34. The summed E-state index contributed by atoms with van der Waals surface area (Å²) in [5.41, 5.74) is 4.37. The van der Waals surface area contributed by atoms with Crippen LogP contribution in [0.15, 0.2) is 47.4 Å². The molecule has 0 aromatic heterocycles. The quantitative estimate of drug-likeness (QED) is 0.814. The number of amides is 2. The van der Waals surface area contributed by atoms with Crippen molar-refractivity contribution in [2.24, 2.45) is 0 Å². The van der Waals surface area contributed by atoms with Crippen LogP contribution in [0.2, 0.25) is 0 Å². The molecule has 26 heavy (non-hydrogen) atoms. The molecule has 0 radical (unpaired) electrons. The molecule has 4 rings (SSSR count). The van der Waals surface area contributed by atoms with E-state index in [1.807, 2.05) is 12.1 Å². The standard InChI is InChI=1S/C20H20N2O3S/c23-19(13-26-18-9-4-14-2-1-3-15(14)12-18)21-16-5-7-17(8-6-16)22-10-11-25-20(22)24/h4-9,12H,1-3,10-11,13H2,(H,21,23). The highest BCUT2D eigenvalue weighted by molar-refractivity contribution is 8.00. The highest BCUT2D eigenvalue weighted by Crippen LogP contribution is 2.28. The Bertz CT molecular complexity index is 835. The first-order valence-electron chi connectivity index (χ1n) is 8.78. The molecule has 1 N–H and O–H groups in total. The minimum Gasteiger partial charge on any atom is -0.447 e. The zero-order valence-electron chi connectivity index (χ0n) is 14.4. The highest BCUT2D eigenvalue weighted by atomic mass is 32.2. The Labute approximate surface area is 156 Å². The van der Waals surface area contributed by atoms with Crippen LogP contribution in [-0.2, 0) is 22.4 Å². The minimum absolute atomic E-state index is 0.0381. The van der Waals surface area contributed by atoms with E-state index in [1.54, 1.807) is 28.8 Å². The number of ether oxygens (including phenoxy) is 1. The van der Waals surface area contributed by atoms with Crippen LogP contribution in [0.3, 0.4) is 0 Å². The van der Waals surface area contributed by atoms with E-state index in [1.165, 1.54) is 24.0 Å². The summed E-state index contributed by atoms with van der Waals surface area (Å²) in [4.78, 5) is 26.5. The summed E-state index contributed by atoms with van der Waals surface area (Å²) >= 11 is 1.56. The third-order valence-electron chi connectivity index (χ3n) is 4.66. The maximum atomic E-state index is 12.2. The van der Waals surface area contributed by atoms with Crippen LogP contribution in [-0.4, -0.2) is 30.9 Å². The van der Waals surface area contributed by atoms with Gasteiger partial charge in [-0.2, -0.15) is 0 Å². The lowest BCUT2D eigenvalue weighted by Crippen LogP contribution is -2.23. The van der Waals surface area contributed by atoms with Gasteiger partial charge in [0.1, 0.15) is 6.61 Å². The Morgan fingerprint density at radius 2 is 1.92 bits per heavy atom. The average molecular weight is 368 g/mol. The van der Waals surface area contributed by atoms with E-state index < -0.39 is 0 Å². The van der Waals surface area contributed by atoms with Gasteiger partial charge in [-0.05, 0) is 66.8 Å². The van der Waals surface area contributed by atoms with Gasteiger partial charge in [0.15, 0.2) is 0 Å². The molecule has 0 unspecified atom stereocenters. The molecule has 0 atom stereocenters. The van der Waals surface area contributed by atoms with Crippen molar-refractivity contribution in [2.75, 3.05) is 29.1 Å². The van der Waals surface area contributed by atoms with Gasteiger partial charge in [0.25, 0.3) is 0 Å². The van der Waals surface area contributed by atoms with Gasteiger partial charge in [0.2, 0.25) is 5.91 Å². The highest BCUT2D eigenvalue weighted by Gasteiger charge is 2.23. The molecule has 6 heteroatoms. The second-order valence-corrected chi connectivity index (χ2v) is 7.48. The number of cyclic esters (lactones) is 1. The van der Waals surface area contributed by atoms with E-state index in [9.17, 15) is 9.59 Å². The second-order valence-electron chi connectivity index (χ2n) is 6.43. The van der Waals surface area contributed by atoms with E-state index in [0.29, 0.717) is 18.9 Å². The van der Waals surface area contributed by atoms with Crippen molar-refractivity contribution in [1.82, 2.24) is 0 Å². The summed E-state index contributed by atoms with van der Waals surface area (Å²) in [6.45, 7) is 0.971. The topological polar surface area (TPSA) is 58.6 Å². The molecule has 1 saturated heterocycles. The number of rotatable bonds is 5. The Morgan fingerprint density at radius 1 is 1.12 bits per heavy atom. The molecule has 2 amide bonds. The number of carbonyl (C=O) groups is 2. The molecule has 1 aliphatic heterocycles. The molecule has 2 aliphatic rings. The monoisotopic (exact) mass is 368 g/mol. The fourth-order valence-corrected chi connectivity index (χ4v) is 4.10. The third kappa shape index (κ3) is 3.70. The maximum absolute atomic E-state index is 12.2. The Balaban J connectivity index is 1.31. The molecule has 1 heterocycles.